The summed E-state index contributed by atoms with van der Waals surface area (Å²) in [5.74, 6) is 5.18. The van der Waals surface area contributed by atoms with Crippen LogP contribution >= 0.6 is 11.3 Å². The minimum Gasteiger partial charge on any atom is -0.351 e. The van der Waals surface area contributed by atoms with Crippen molar-refractivity contribution in [3.05, 3.63) is 21.9 Å². The molecule has 0 aliphatic carbocycles. The Hall–Kier alpha value is -1.36. The lowest BCUT2D eigenvalue weighted by Crippen LogP contribution is -2.30. The third-order valence-electron chi connectivity index (χ3n) is 3.03. The van der Waals surface area contributed by atoms with E-state index in [9.17, 15) is 13.2 Å². The van der Waals surface area contributed by atoms with E-state index in [0.717, 1.165) is 10.4 Å². The zero-order valence-electron chi connectivity index (χ0n) is 10.9. The molecular formula is C13H16N2O3S2. The molecule has 0 spiro atoms. The van der Waals surface area contributed by atoms with Crippen molar-refractivity contribution >= 4 is 27.1 Å². The van der Waals surface area contributed by atoms with Gasteiger partial charge in [-0.05, 0) is 12.5 Å². The lowest BCUT2D eigenvalue weighted by Gasteiger charge is -2.07. The summed E-state index contributed by atoms with van der Waals surface area (Å²) in [5.41, 5.74) is 6.18. The van der Waals surface area contributed by atoms with Crippen LogP contribution in [0, 0.1) is 17.8 Å². The van der Waals surface area contributed by atoms with E-state index in [-0.39, 0.29) is 17.4 Å². The second-order valence-corrected chi connectivity index (χ2v) is 7.85. The number of carbonyl (C=O) groups is 1. The summed E-state index contributed by atoms with van der Waals surface area (Å²) in [6, 6.07) is 1.90. The quantitative estimate of drug-likeness (QED) is 0.775. The van der Waals surface area contributed by atoms with Gasteiger partial charge in [-0.3, -0.25) is 4.79 Å². The molecule has 3 N–H and O–H groups in total. The Kier molecular flexibility index (Phi) is 4.81. The molecule has 1 atom stereocenters. The molecule has 1 unspecified atom stereocenters. The molecule has 1 amide bonds. The second kappa shape index (κ2) is 6.39. The molecule has 5 nitrogen and oxygen atoms in total. The van der Waals surface area contributed by atoms with E-state index in [4.69, 9.17) is 5.73 Å². The average Bonchev–Trinajstić information content (AvgIpc) is 3.00. The van der Waals surface area contributed by atoms with Crippen molar-refractivity contribution in [2.24, 2.45) is 11.7 Å². The van der Waals surface area contributed by atoms with E-state index in [0.29, 0.717) is 19.5 Å². The lowest BCUT2D eigenvalue weighted by atomic mass is 10.1. The number of nitrogens with one attached hydrogen (secondary N) is 1. The van der Waals surface area contributed by atoms with Gasteiger partial charge in [-0.2, -0.15) is 0 Å². The van der Waals surface area contributed by atoms with E-state index < -0.39 is 15.8 Å². The van der Waals surface area contributed by atoms with E-state index in [1.54, 1.807) is 0 Å². The minimum atomic E-state index is -3.02. The summed E-state index contributed by atoms with van der Waals surface area (Å²) in [6.07, 6.45) is 0.422. The van der Waals surface area contributed by atoms with Crippen LogP contribution in [0.3, 0.4) is 0 Å². The van der Waals surface area contributed by atoms with Crippen molar-refractivity contribution in [1.82, 2.24) is 5.32 Å². The topological polar surface area (TPSA) is 89.3 Å². The fourth-order valence-corrected chi connectivity index (χ4v) is 4.51. The van der Waals surface area contributed by atoms with Crippen LogP contribution < -0.4 is 11.1 Å². The van der Waals surface area contributed by atoms with Gasteiger partial charge in [0.15, 0.2) is 9.84 Å². The van der Waals surface area contributed by atoms with Crippen LogP contribution in [0.4, 0.5) is 0 Å². The predicted octanol–water partition coefficient (Wildman–Crippen LogP) is 0.109. The van der Waals surface area contributed by atoms with Crippen LogP contribution in [0.5, 0.6) is 0 Å². The van der Waals surface area contributed by atoms with Crippen molar-refractivity contribution in [2.75, 3.05) is 18.1 Å². The SMILES string of the molecule is NCC#Cc1csc(CNC(=O)C2CCS(=O)(=O)C2)c1. The number of thiophene rings is 1. The molecule has 2 heterocycles. The summed E-state index contributed by atoms with van der Waals surface area (Å²) >= 11 is 1.51. The number of nitrogens with two attached hydrogens (primary N) is 1. The predicted molar refractivity (Wildman–Crippen MR) is 78.9 cm³/mol. The molecule has 1 aromatic heterocycles. The maximum Gasteiger partial charge on any atom is 0.224 e. The molecule has 1 aliphatic heterocycles. The van der Waals surface area contributed by atoms with Crippen molar-refractivity contribution < 1.29 is 13.2 Å². The molecule has 7 heteroatoms. The van der Waals surface area contributed by atoms with Gasteiger partial charge in [-0.15, -0.1) is 11.3 Å². The Morgan fingerprint density at radius 2 is 2.35 bits per heavy atom. The number of rotatable bonds is 3. The first-order chi connectivity index (χ1) is 9.50. The van der Waals surface area contributed by atoms with Crippen LogP contribution in [0.25, 0.3) is 0 Å². The zero-order valence-corrected chi connectivity index (χ0v) is 12.5. The molecular weight excluding hydrogens is 296 g/mol. The van der Waals surface area contributed by atoms with E-state index in [2.05, 4.69) is 17.2 Å². The molecule has 1 fully saturated rings. The van der Waals surface area contributed by atoms with E-state index in [1.165, 1.54) is 11.3 Å². The summed E-state index contributed by atoms with van der Waals surface area (Å²) in [7, 11) is -3.02. The normalized spacial score (nSPS) is 20.1. The summed E-state index contributed by atoms with van der Waals surface area (Å²) in [4.78, 5) is 12.9. The fraction of sp³-hybridized carbons (Fsp3) is 0.462. The first-order valence-corrected chi connectivity index (χ1v) is 8.95. The van der Waals surface area contributed by atoms with Gasteiger partial charge < -0.3 is 11.1 Å². The maximum atomic E-state index is 11.9. The first-order valence-electron chi connectivity index (χ1n) is 6.24. The van der Waals surface area contributed by atoms with Crippen molar-refractivity contribution in [2.45, 2.75) is 13.0 Å². The second-order valence-electron chi connectivity index (χ2n) is 4.63. The number of hydrogen-bond acceptors (Lipinski definition) is 5. The smallest absolute Gasteiger partial charge is 0.224 e. The van der Waals surface area contributed by atoms with Gasteiger partial charge in [-0.1, -0.05) is 11.8 Å². The largest absolute Gasteiger partial charge is 0.351 e. The number of carbonyl (C=O) groups excluding carboxylic acids is 1. The molecule has 0 bridgehead atoms. The third kappa shape index (κ3) is 4.07. The molecule has 2 rings (SSSR count). The molecule has 0 radical (unpaired) electrons. The van der Waals surface area contributed by atoms with Gasteiger partial charge in [0.25, 0.3) is 0 Å². The summed E-state index contributed by atoms with van der Waals surface area (Å²) < 4.78 is 22.6. The summed E-state index contributed by atoms with van der Waals surface area (Å²) in [6.45, 7) is 0.725. The third-order valence-corrected chi connectivity index (χ3v) is 5.73. The molecule has 1 aliphatic rings. The molecule has 1 saturated heterocycles. The van der Waals surface area contributed by atoms with Gasteiger partial charge in [0, 0.05) is 15.8 Å². The fourth-order valence-electron chi connectivity index (χ4n) is 2.01. The Morgan fingerprint density at radius 3 is 3.00 bits per heavy atom. The van der Waals surface area contributed by atoms with Gasteiger partial charge in [-0.25, -0.2) is 8.42 Å². The number of amides is 1. The standard InChI is InChI=1S/C13H16N2O3S2/c14-4-1-2-10-6-12(19-8-10)7-15-13(16)11-3-5-20(17,18)9-11/h6,8,11H,3-5,7,9,14H2,(H,15,16). The highest BCUT2D eigenvalue weighted by atomic mass is 32.2. The van der Waals surface area contributed by atoms with Gasteiger partial charge in [0.1, 0.15) is 0 Å². The van der Waals surface area contributed by atoms with Crippen LogP contribution in [0.2, 0.25) is 0 Å². The van der Waals surface area contributed by atoms with E-state index >= 15 is 0 Å². The number of sulfone groups is 1. The molecule has 108 valence electrons. The summed E-state index contributed by atoms with van der Waals surface area (Å²) in [5, 5.41) is 4.69. The highest BCUT2D eigenvalue weighted by Crippen LogP contribution is 2.19. The van der Waals surface area contributed by atoms with E-state index in [1.807, 2.05) is 11.4 Å². The first kappa shape index (κ1) is 15.0. The molecule has 0 aromatic carbocycles. The Balaban J connectivity index is 1.86. The van der Waals surface area contributed by atoms with Crippen LogP contribution in [-0.2, 0) is 21.2 Å². The average molecular weight is 312 g/mol. The van der Waals surface area contributed by atoms with Crippen molar-refractivity contribution in [1.29, 1.82) is 0 Å². The van der Waals surface area contributed by atoms with Crippen molar-refractivity contribution in [3.8, 4) is 11.8 Å². The van der Waals surface area contributed by atoms with Crippen LogP contribution in [-0.4, -0.2) is 32.4 Å². The zero-order chi connectivity index (χ0) is 14.6. The van der Waals surface area contributed by atoms with Gasteiger partial charge >= 0.3 is 0 Å². The Labute approximate surface area is 122 Å². The maximum absolute atomic E-state index is 11.9. The number of hydrogen-bond donors (Lipinski definition) is 2. The minimum absolute atomic E-state index is 0.0313. The van der Waals surface area contributed by atoms with Crippen LogP contribution in [0.1, 0.15) is 16.9 Å². The van der Waals surface area contributed by atoms with Gasteiger partial charge in [0.05, 0.1) is 30.5 Å². The molecule has 0 saturated carbocycles. The highest BCUT2D eigenvalue weighted by Gasteiger charge is 2.32. The van der Waals surface area contributed by atoms with Crippen LogP contribution in [0.15, 0.2) is 11.4 Å². The highest BCUT2D eigenvalue weighted by molar-refractivity contribution is 7.91. The molecule has 1 aromatic rings. The van der Waals surface area contributed by atoms with Gasteiger partial charge in [0.2, 0.25) is 5.91 Å². The van der Waals surface area contributed by atoms with Crippen molar-refractivity contribution in [3.63, 3.8) is 0 Å². The molecule has 20 heavy (non-hydrogen) atoms. The Bertz CT molecular complexity index is 653. The lowest BCUT2D eigenvalue weighted by molar-refractivity contribution is -0.124. The Morgan fingerprint density at radius 1 is 1.55 bits per heavy atom. The monoisotopic (exact) mass is 312 g/mol.